The Hall–Kier alpha value is -1.57. The van der Waals surface area contributed by atoms with Crippen LogP contribution in [-0.2, 0) is 10.0 Å². The number of hydrogen-bond acceptors (Lipinski definition) is 5. The molecule has 3 N–H and O–H groups in total. The largest absolute Gasteiger partial charge is 0.399 e. The molecule has 0 bridgehead atoms. The number of nitrogen functional groups attached to an aromatic ring is 1. The number of nitrogens with two attached hydrogens (primary N) is 1. The molecule has 2 rings (SSSR count). The molecule has 0 aliphatic rings. The maximum absolute atomic E-state index is 12.3. The monoisotopic (exact) mass is 332 g/mol. The molecule has 20 heavy (non-hydrogen) atoms. The fourth-order valence-corrected chi connectivity index (χ4v) is 3.16. The van der Waals surface area contributed by atoms with Crippen LogP contribution >= 0.6 is 23.2 Å². The first-order valence-corrected chi connectivity index (χ1v) is 7.60. The summed E-state index contributed by atoms with van der Waals surface area (Å²) in [6, 6.07) is 4.46. The van der Waals surface area contributed by atoms with Crippen LogP contribution in [0, 0.1) is 6.92 Å². The van der Waals surface area contributed by atoms with Crippen LogP contribution in [0.3, 0.4) is 0 Å². The first kappa shape index (κ1) is 14.8. The normalized spacial score (nSPS) is 11.3. The van der Waals surface area contributed by atoms with Gasteiger partial charge in [0.05, 0.1) is 4.90 Å². The van der Waals surface area contributed by atoms with Gasteiger partial charge in [-0.3, -0.25) is 4.72 Å². The number of benzene rings is 1. The van der Waals surface area contributed by atoms with Crippen LogP contribution in [0.5, 0.6) is 0 Å². The molecule has 1 aromatic carbocycles. The van der Waals surface area contributed by atoms with Crippen molar-refractivity contribution in [3.05, 3.63) is 40.3 Å². The Morgan fingerprint density at radius 2 is 1.95 bits per heavy atom. The fraction of sp³-hybridized carbons (Fsp3) is 0.0909. The summed E-state index contributed by atoms with van der Waals surface area (Å²) in [7, 11) is -3.84. The van der Waals surface area contributed by atoms with Gasteiger partial charge in [-0.25, -0.2) is 18.4 Å². The maximum Gasteiger partial charge on any atom is 0.263 e. The van der Waals surface area contributed by atoms with Gasteiger partial charge < -0.3 is 5.73 Å². The van der Waals surface area contributed by atoms with Gasteiger partial charge in [-0.15, -0.1) is 0 Å². The Labute approximate surface area is 126 Å². The zero-order valence-electron chi connectivity index (χ0n) is 10.3. The van der Waals surface area contributed by atoms with Crippen LogP contribution in [0.25, 0.3) is 0 Å². The number of nitrogens with one attached hydrogen (secondary N) is 1. The molecule has 0 spiro atoms. The molecule has 9 heteroatoms. The lowest BCUT2D eigenvalue weighted by Crippen LogP contribution is -2.15. The van der Waals surface area contributed by atoms with Gasteiger partial charge in [-0.05, 0) is 30.7 Å². The minimum atomic E-state index is -3.84. The topological polar surface area (TPSA) is 98.0 Å². The van der Waals surface area contributed by atoms with Gasteiger partial charge >= 0.3 is 0 Å². The Morgan fingerprint density at radius 1 is 1.25 bits per heavy atom. The highest BCUT2D eigenvalue weighted by Crippen LogP contribution is 2.28. The van der Waals surface area contributed by atoms with Crippen molar-refractivity contribution < 1.29 is 8.42 Å². The Balaban J connectivity index is 2.44. The number of aryl methyl sites for hydroxylation is 1. The predicted molar refractivity (Wildman–Crippen MR) is 78.5 cm³/mol. The highest BCUT2D eigenvalue weighted by molar-refractivity contribution is 7.92. The van der Waals surface area contributed by atoms with Gasteiger partial charge in [-0.2, -0.15) is 0 Å². The van der Waals surface area contributed by atoms with E-state index in [4.69, 9.17) is 28.9 Å². The van der Waals surface area contributed by atoms with Crippen molar-refractivity contribution in [1.29, 1.82) is 0 Å². The second-order valence-electron chi connectivity index (χ2n) is 3.96. The number of hydrogen-bond donors (Lipinski definition) is 2. The number of anilines is 2. The molecule has 0 amide bonds. The number of rotatable bonds is 3. The summed E-state index contributed by atoms with van der Waals surface area (Å²) >= 11 is 11.6. The van der Waals surface area contributed by atoms with Crippen LogP contribution in [0.1, 0.15) is 5.56 Å². The average molecular weight is 333 g/mol. The molecule has 0 aliphatic heterocycles. The third-order valence-electron chi connectivity index (χ3n) is 2.47. The van der Waals surface area contributed by atoms with Crippen LogP contribution in [0.15, 0.2) is 29.4 Å². The Bertz CT molecular complexity index is 765. The van der Waals surface area contributed by atoms with Crippen molar-refractivity contribution in [3.8, 4) is 0 Å². The van der Waals surface area contributed by atoms with Crippen molar-refractivity contribution in [1.82, 2.24) is 9.97 Å². The van der Waals surface area contributed by atoms with Gasteiger partial charge in [0.15, 0.2) is 11.0 Å². The molecular formula is C11H10Cl2N4O2S. The molecule has 0 unspecified atom stereocenters. The lowest BCUT2D eigenvalue weighted by molar-refractivity contribution is 0.600. The molecule has 106 valence electrons. The van der Waals surface area contributed by atoms with E-state index in [1.807, 2.05) is 0 Å². The fourth-order valence-electron chi connectivity index (χ4n) is 1.58. The van der Waals surface area contributed by atoms with Crippen molar-refractivity contribution in [2.45, 2.75) is 11.8 Å². The van der Waals surface area contributed by atoms with E-state index in [0.29, 0.717) is 11.3 Å². The van der Waals surface area contributed by atoms with Crippen LogP contribution in [0.4, 0.5) is 11.5 Å². The number of nitrogens with zero attached hydrogens (tertiary/aromatic N) is 2. The van der Waals surface area contributed by atoms with E-state index in [1.165, 1.54) is 12.1 Å². The van der Waals surface area contributed by atoms with Crippen LogP contribution < -0.4 is 10.5 Å². The summed E-state index contributed by atoms with van der Waals surface area (Å²) in [5.74, 6) is -0.0807. The van der Waals surface area contributed by atoms with Crippen molar-refractivity contribution in [2.24, 2.45) is 0 Å². The Kier molecular flexibility index (Phi) is 4.03. The smallest absolute Gasteiger partial charge is 0.263 e. The molecule has 1 aromatic heterocycles. The molecule has 0 radical (unpaired) electrons. The Morgan fingerprint density at radius 3 is 2.60 bits per heavy atom. The van der Waals surface area contributed by atoms with E-state index in [-0.39, 0.29) is 20.9 Å². The summed E-state index contributed by atoms with van der Waals surface area (Å²) in [6.45, 7) is 1.64. The first-order chi connectivity index (χ1) is 9.31. The van der Waals surface area contributed by atoms with Gasteiger partial charge in [0.1, 0.15) is 11.3 Å². The molecule has 0 saturated carbocycles. The van der Waals surface area contributed by atoms with E-state index in [9.17, 15) is 8.42 Å². The van der Waals surface area contributed by atoms with Gasteiger partial charge in [-0.1, -0.05) is 23.2 Å². The average Bonchev–Trinajstić information content (AvgIpc) is 2.34. The minimum absolute atomic E-state index is 0.0339. The molecule has 0 atom stereocenters. The maximum atomic E-state index is 12.3. The van der Waals surface area contributed by atoms with Crippen molar-refractivity contribution in [3.63, 3.8) is 0 Å². The lowest BCUT2D eigenvalue weighted by atomic mass is 10.2. The summed E-state index contributed by atoms with van der Waals surface area (Å²) in [5, 5.41) is -0.0979. The van der Waals surface area contributed by atoms with E-state index >= 15 is 0 Å². The highest BCUT2D eigenvalue weighted by Gasteiger charge is 2.20. The summed E-state index contributed by atoms with van der Waals surface area (Å²) < 4.78 is 26.8. The number of halogens is 2. The molecule has 2 aromatic rings. The van der Waals surface area contributed by atoms with Gasteiger partial charge in [0, 0.05) is 5.69 Å². The van der Waals surface area contributed by atoms with E-state index in [1.54, 1.807) is 13.0 Å². The predicted octanol–water partition coefficient (Wildman–Crippen LogP) is 2.47. The third kappa shape index (κ3) is 2.95. The number of aromatic nitrogens is 2. The second kappa shape index (κ2) is 5.43. The number of sulfonamides is 1. The molecule has 0 aliphatic carbocycles. The summed E-state index contributed by atoms with van der Waals surface area (Å²) in [4.78, 5) is 7.48. The minimum Gasteiger partial charge on any atom is -0.399 e. The van der Waals surface area contributed by atoms with E-state index < -0.39 is 10.0 Å². The first-order valence-electron chi connectivity index (χ1n) is 5.36. The van der Waals surface area contributed by atoms with Crippen molar-refractivity contribution in [2.75, 3.05) is 10.5 Å². The van der Waals surface area contributed by atoms with Crippen molar-refractivity contribution >= 4 is 44.7 Å². The molecule has 6 nitrogen and oxygen atoms in total. The quantitative estimate of drug-likeness (QED) is 0.664. The standard InChI is InChI=1S/C11H10Cl2N4O2S/c1-6-4-7(14)2-3-8(6)20(18,19)17-11-9(12)10(13)15-5-16-11/h2-5H,14H2,1H3,(H,15,16,17). The third-order valence-corrected chi connectivity index (χ3v) is 4.71. The molecule has 0 fully saturated rings. The van der Waals surface area contributed by atoms with Crippen LogP contribution in [0.2, 0.25) is 10.2 Å². The summed E-state index contributed by atoms with van der Waals surface area (Å²) in [5.41, 5.74) is 6.58. The van der Waals surface area contributed by atoms with E-state index in [2.05, 4.69) is 14.7 Å². The highest BCUT2D eigenvalue weighted by atomic mass is 35.5. The SMILES string of the molecule is Cc1cc(N)ccc1S(=O)(=O)Nc1ncnc(Cl)c1Cl. The molecule has 0 saturated heterocycles. The lowest BCUT2D eigenvalue weighted by Gasteiger charge is -2.11. The molecule has 1 heterocycles. The second-order valence-corrected chi connectivity index (χ2v) is 6.34. The zero-order valence-corrected chi connectivity index (χ0v) is 12.6. The van der Waals surface area contributed by atoms with E-state index in [0.717, 1.165) is 6.33 Å². The van der Waals surface area contributed by atoms with Gasteiger partial charge in [0.2, 0.25) is 0 Å². The molecular weight excluding hydrogens is 323 g/mol. The summed E-state index contributed by atoms with van der Waals surface area (Å²) in [6.07, 6.45) is 1.11. The van der Waals surface area contributed by atoms with Crippen LogP contribution in [-0.4, -0.2) is 18.4 Å². The van der Waals surface area contributed by atoms with Gasteiger partial charge in [0.25, 0.3) is 10.0 Å². The zero-order chi connectivity index (χ0) is 14.9.